The lowest BCUT2D eigenvalue weighted by Crippen LogP contribution is -2.38. The molecule has 0 spiro atoms. The maximum atomic E-state index is 6.11. The Hall–Kier alpha value is -1.30. The highest BCUT2D eigenvalue weighted by atomic mass is 35.5. The van der Waals surface area contributed by atoms with E-state index in [9.17, 15) is 0 Å². The number of morpholine rings is 1. The zero-order valence-corrected chi connectivity index (χ0v) is 14.1. The number of ether oxygens (including phenoxy) is 1. The number of aromatic nitrogens is 2. The van der Waals surface area contributed by atoms with Crippen LogP contribution < -0.4 is 4.90 Å². The molecule has 2 fully saturated rings. The van der Waals surface area contributed by atoms with Gasteiger partial charge in [-0.25, -0.2) is 0 Å². The molecule has 1 saturated carbocycles. The Morgan fingerprint density at radius 1 is 1.13 bits per heavy atom. The van der Waals surface area contributed by atoms with Crippen molar-refractivity contribution in [2.24, 2.45) is 0 Å². The first kappa shape index (κ1) is 15.2. The van der Waals surface area contributed by atoms with Crippen molar-refractivity contribution in [1.29, 1.82) is 0 Å². The third-order valence-electron chi connectivity index (χ3n) is 4.54. The van der Waals surface area contributed by atoms with Gasteiger partial charge in [-0.1, -0.05) is 40.8 Å². The molecule has 0 radical (unpaired) electrons. The van der Waals surface area contributed by atoms with Crippen molar-refractivity contribution in [2.75, 3.05) is 24.6 Å². The molecule has 4 rings (SSSR count). The maximum Gasteiger partial charge on any atom is 0.318 e. The fourth-order valence-corrected chi connectivity index (χ4v) is 3.22. The molecule has 2 aliphatic rings. The third-order valence-corrected chi connectivity index (χ3v) is 5.28. The van der Waals surface area contributed by atoms with Crippen LogP contribution in [0.15, 0.2) is 22.6 Å². The highest BCUT2D eigenvalue weighted by Crippen LogP contribution is 2.37. The van der Waals surface area contributed by atoms with E-state index < -0.39 is 0 Å². The van der Waals surface area contributed by atoms with Gasteiger partial charge in [-0.05, 0) is 30.5 Å². The fourth-order valence-electron chi connectivity index (χ4n) is 2.91. The van der Waals surface area contributed by atoms with E-state index in [1.165, 1.54) is 6.42 Å². The molecule has 1 aromatic carbocycles. The van der Waals surface area contributed by atoms with E-state index >= 15 is 0 Å². The summed E-state index contributed by atoms with van der Waals surface area (Å²) in [5.41, 5.74) is 1.00. The van der Waals surface area contributed by atoms with Crippen molar-refractivity contribution in [3.63, 3.8) is 0 Å². The predicted octanol–water partition coefficient (Wildman–Crippen LogP) is 4.22. The average Bonchev–Trinajstić information content (AvgIpc) is 2.98. The molecule has 1 unspecified atom stereocenters. The summed E-state index contributed by atoms with van der Waals surface area (Å²) >= 11 is 12.1. The fraction of sp³-hybridized carbons (Fsp3) is 0.500. The Bertz CT molecular complexity index is 702. The second kappa shape index (κ2) is 6.30. The van der Waals surface area contributed by atoms with Gasteiger partial charge in [0.25, 0.3) is 0 Å². The lowest BCUT2D eigenvalue weighted by atomic mass is 9.85. The van der Waals surface area contributed by atoms with Crippen molar-refractivity contribution < 1.29 is 9.15 Å². The maximum absolute atomic E-state index is 6.11. The Labute approximate surface area is 144 Å². The number of anilines is 1. The molecule has 122 valence electrons. The van der Waals surface area contributed by atoms with Crippen LogP contribution in [0.2, 0.25) is 10.0 Å². The van der Waals surface area contributed by atoms with Gasteiger partial charge >= 0.3 is 6.01 Å². The minimum atomic E-state index is -0.0856. The van der Waals surface area contributed by atoms with Crippen molar-refractivity contribution >= 4 is 29.2 Å². The van der Waals surface area contributed by atoms with Gasteiger partial charge in [-0.2, -0.15) is 0 Å². The van der Waals surface area contributed by atoms with Crippen LogP contribution in [-0.2, 0) is 4.74 Å². The van der Waals surface area contributed by atoms with Crippen LogP contribution >= 0.6 is 23.2 Å². The first-order chi connectivity index (χ1) is 11.2. The predicted molar refractivity (Wildman–Crippen MR) is 88.3 cm³/mol. The summed E-state index contributed by atoms with van der Waals surface area (Å²) in [5.74, 6) is 1.21. The molecule has 0 bridgehead atoms. The first-order valence-corrected chi connectivity index (χ1v) is 8.61. The lowest BCUT2D eigenvalue weighted by molar-refractivity contribution is 0.0379. The average molecular weight is 354 g/mol. The summed E-state index contributed by atoms with van der Waals surface area (Å²) in [5, 5.41) is 9.49. The van der Waals surface area contributed by atoms with Gasteiger partial charge in [0.2, 0.25) is 5.89 Å². The zero-order valence-electron chi connectivity index (χ0n) is 12.5. The van der Waals surface area contributed by atoms with E-state index in [2.05, 4.69) is 15.1 Å². The van der Waals surface area contributed by atoms with Gasteiger partial charge in [0.05, 0.1) is 23.2 Å². The molecule has 0 N–H and O–H groups in total. The first-order valence-electron chi connectivity index (χ1n) is 7.85. The summed E-state index contributed by atoms with van der Waals surface area (Å²) in [7, 11) is 0. The second-order valence-electron chi connectivity index (χ2n) is 6.03. The molecule has 2 heterocycles. The highest BCUT2D eigenvalue weighted by molar-refractivity contribution is 6.42. The molecule has 2 aromatic rings. The summed E-state index contributed by atoms with van der Waals surface area (Å²) in [6.45, 7) is 2.00. The van der Waals surface area contributed by atoms with Gasteiger partial charge in [0.15, 0.2) is 0 Å². The molecule has 0 amide bonds. The van der Waals surface area contributed by atoms with Crippen molar-refractivity contribution in [3.8, 4) is 0 Å². The van der Waals surface area contributed by atoms with Crippen LogP contribution in [0.4, 0.5) is 6.01 Å². The summed E-state index contributed by atoms with van der Waals surface area (Å²) < 4.78 is 11.7. The monoisotopic (exact) mass is 353 g/mol. The number of halogens is 2. The van der Waals surface area contributed by atoms with E-state index in [0.29, 0.717) is 35.1 Å². The van der Waals surface area contributed by atoms with Crippen molar-refractivity contribution in [1.82, 2.24) is 10.2 Å². The molecule has 1 aliphatic carbocycles. The summed E-state index contributed by atoms with van der Waals surface area (Å²) in [6.07, 6.45) is 3.46. The molecule has 1 aliphatic heterocycles. The molecule has 23 heavy (non-hydrogen) atoms. The van der Waals surface area contributed by atoms with E-state index in [1.807, 2.05) is 12.1 Å². The number of benzene rings is 1. The van der Waals surface area contributed by atoms with E-state index in [4.69, 9.17) is 32.4 Å². The minimum absolute atomic E-state index is 0.0856. The van der Waals surface area contributed by atoms with Gasteiger partial charge in [-0.3, -0.25) is 0 Å². The van der Waals surface area contributed by atoms with Gasteiger partial charge in [0, 0.05) is 12.5 Å². The van der Waals surface area contributed by atoms with Crippen LogP contribution in [0.25, 0.3) is 0 Å². The summed E-state index contributed by atoms with van der Waals surface area (Å²) in [4.78, 5) is 2.08. The van der Waals surface area contributed by atoms with E-state index in [0.717, 1.165) is 30.8 Å². The Morgan fingerprint density at radius 2 is 2.00 bits per heavy atom. The number of hydrogen-bond donors (Lipinski definition) is 0. The molecular formula is C16H17Cl2N3O2. The largest absolute Gasteiger partial charge is 0.408 e. The zero-order chi connectivity index (χ0) is 15.8. The molecular weight excluding hydrogens is 337 g/mol. The Morgan fingerprint density at radius 3 is 2.74 bits per heavy atom. The third kappa shape index (κ3) is 3.05. The topological polar surface area (TPSA) is 51.4 Å². The second-order valence-corrected chi connectivity index (χ2v) is 6.84. The molecule has 1 aromatic heterocycles. The molecule has 5 nitrogen and oxygen atoms in total. The van der Waals surface area contributed by atoms with Gasteiger partial charge < -0.3 is 14.1 Å². The standard InChI is InChI=1S/C16H17Cl2N3O2/c17-12-5-4-11(8-13(12)18)14-9-21(6-7-22-14)16-20-19-15(23-16)10-2-1-3-10/h4-5,8,10,14H,1-3,6-7,9H2. The molecule has 1 saturated heterocycles. The van der Waals surface area contributed by atoms with Crippen molar-refractivity contribution in [3.05, 3.63) is 39.7 Å². The molecule has 7 heteroatoms. The number of nitrogens with zero attached hydrogens (tertiary/aromatic N) is 3. The van der Waals surface area contributed by atoms with Crippen LogP contribution in [0.3, 0.4) is 0 Å². The quantitative estimate of drug-likeness (QED) is 0.826. The number of hydrogen-bond acceptors (Lipinski definition) is 5. The van der Waals surface area contributed by atoms with Gasteiger partial charge in [0.1, 0.15) is 6.10 Å². The van der Waals surface area contributed by atoms with Crippen LogP contribution in [0.1, 0.15) is 42.7 Å². The summed E-state index contributed by atoms with van der Waals surface area (Å²) in [6, 6.07) is 6.17. The van der Waals surface area contributed by atoms with Crippen LogP contribution in [0.5, 0.6) is 0 Å². The SMILES string of the molecule is Clc1ccc(C2CN(c3nnc(C4CCC4)o3)CCO2)cc1Cl. The van der Waals surface area contributed by atoms with Crippen LogP contribution in [-0.4, -0.2) is 29.9 Å². The van der Waals surface area contributed by atoms with E-state index in [1.54, 1.807) is 6.07 Å². The molecule has 1 atom stereocenters. The lowest BCUT2D eigenvalue weighted by Gasteiger charge is -2.32. The Kier molecular flexibility index (Phi) is 4.18. The van der Waals surface area contributed by atoms with E-state index in [-0.39, 0.29) is 6.10 Å². The smallest absolute Gasteiger partial charge is 0.318 e. The normalized spacial score (nSPS) is 22.2. The van der Waals surface area contributed by atoms with Crippen LogP contribution in [0, 0.1) is 0 Å². The minimum Gasteiger partial charge on any atom is -0.408 e. The number of rotatable bonds is 3. The Balaban J connectivity index is 1.49. The van der Waals surface area contributed by atoms with Crippen molar-refractivity contribution in [2.45, 2.75) is 31.3 Å². The van der Waals surface area contributed by atoms with Gasteiger partial charge in [-0.15, -0.1) is 5.10 Å². The highest BCUT2D eigenvalue weighted by Gasteiger charge is 2.29.